The lowest BCUT2D eigenvalue weighted by molar-refractivity contribution is -0.0887. The first-order valence-electron chi connectivity index (χ1n) is 8.54. The average molecular weight is 444 g/mol. The Hall–Kier alpha value is -1.50. The van der Waals surface area contributed by atoms with Gasteiger partial charge in [-0.15, -0.1) is 0 Å². The van der Waals surface area contributed by atoms with Crippen molar-refractivity contribution in [3.05, 3.63) is 23.8 Å². The Kier molecular flexibility index (Phi) is 7.79. The maximum atomic E-state index is 13.0. The number of nitrogens with zero attached hydrogens (tertiary/aromatic N) is 2. The average Bonchev–Trinajstić information content (AvgIpc) is 2.61. The molecule has 0 saturated carbocycles. The maximum absolute atomic E-state index is 13.0. The third kappa shape index (κ3) is 4.73. The third-order valence-corrected chi connectivity index (χ3v) is 8.26. The molecule has 28 heavy (non-hydrogen) atoms. The zero-order chi connectivity index (χ0) is 21.9. The summed E-state index contributed by atoms with van der Waals surface area (Å²) in [7, 11) is -8.67. The zero-order valence-corrected chi connectivity index (χ0v) is 17.6. The molecule has 0 spiro atoms. The summed E-state index contributed by atoms with van der Waals surface area (Å²) in [5, 5.41) is 0. The maximum Gasteiger partial charge on any atom is 0.454 e. The largest absolute Gasteiger partial charge is 0.454 e. The Balaban J connectivity index is 3.84. The molecule has 1 rings (SSSR count). The van der Waals surface area contributed by atoms with Crippen LogP contribution in [0.5, 0.6) is 0 Å². The van der Waals surface area contributed by atoms with E-state index in [0.717, 1.165) is 14.7 Å². The van der Waals surface area contributed by atoms with E-state index < -0.39 is 47.4 Å². The number of hydrogen-bond donors (Lipinski definition) is 0. The first-order valence-corrected chi connectivity index (χ1v) is 11.4. The Morgan fingerprint density at radius 2 is 1.29 bits per heavy atom. The molecule has 0 radical (unpaired) electrons. The van der Waals surface area contributed by atoms with Gasteiger partial charge < -0.3 is 0 Å². The summed E-state index contributed by atoms with van der Waals surface area (Å²) in [6.07, 6.45) is -5.31. The molecule has 0 aliphatic rings. The molecule has 0 aromatic heterocycles. The SMILES string of the molecule is CCN(CC)S(=O)(=O)c1ccc(C(=O)C(F)(F)F)c(S(=O)(=O)N(CC)CC)c1. The number of carbonyl (C=O) groups excluding carboxylic acids is 1. The molecule has 1 aromatic carbocycles. The number of alkyl halides is 3. The normalized spacial score (nSPS) is 13.3. The number of hydrogen-bond acceptors (Lipinski definition) is 5. The van der Waals surface area contributed by atoms with Crippen molar-refractivity contribution >= 4 is 25.8 Å². The monoisotopic (exact) mass is 444 g/mol. The van der Waals surface area contributed by atoms with Crippen LogP contribution in [0.25, 0.3) is 0 Å². The van der Waals surface area contributed by atoms with Crippen LogP contribution in [0.1, 0.15) is 38.1 Å². The van der Waals surface area contributed by atoms with Crippen molar-refractivity contribution in [1.82, 2.24) is 8.61 Å². The fourth-order valence-electron chi connectivity index (χ4n) is 2.63. The van der Waals surface area contributed by atoms with Gasteiger partial charge in [0, 0.05) is 31.7 Å². The highest BCUT2D eigenvalue weighted by atomic mass is 32.2. The van der Waals surface area contributed by atoms with Crippen LogP contribution in [-0.2, 0) is 20.0 Å². The van der Waals surface area contributed by atoms with Crippen LogP contribution in [-0.4, -0.2) is 63.6 Å². The number of benzene rings is 1. The van der Waals surface area contributed by atoms with Gasteiger partial charge in [-0.05, 0) is 18.2 Å². The lowest BCUT2D eigenvalue weighted by atomic mass is 10.1. The molecule has 0 amide bonds. The second-order valence-corrected chi connectivity index (χ2v) is 9.51. The minimum absolute atomic E-state index is 0.0640. The number of rotatable bonds is 9. The first kappa shape index (κ1) is 24.5. The highest BCUT2D eigenvalue weighted by Gasteiger charge is 2.43. The summed E-state index contributed by atoms with van der Waals surface area (Å²) in [6.45, 7) is 6.12. The molecule has 1 aromatic rings. The molecule has 7 nitrogen and oxygen atoms in total. The van der Waals surface area contributed by atoms with E-state index in [4.69, 9.17) is 0 Å². The zero-order valence-electron chi connectivity index (χ0n) is 15.9. The van der Waals surface area contributed by atoms with Gasteiger partial charge in [0.05, 0.1) is 9.79 Å². The Bertz CT molecular complexity index is 920. The number of halogens is 3. The smallest absolute Gasteiger partial charge is 0.284 e. The number of ketones is 1. The third-order valence-electron chi connectivity index (χ3n) is 4.12. The lowest BCUT2D eigenvalue weighted by Gasteiger charge is -2.22. The van der Waals surface area contributed by atoms with Crippen LogP contribution in [0, 0.1) is 0 Å². The van der Waals surface area contributed by atoms with Gasteiger partial charge in [-0.1, -0.05) is 27.7 Å². The quantitative estimate of drug-likeness (QED) is 0.546. The van der Waals surface area contributed by atoms with Crippen LogP contribution < -0.4 is 0 Å². The van der Waals surface area contributed by atoms with Gasteiger partial charge in [-0.3, -0.25) is 4.79 Å². The molecule has 0 unspecified atom stereocenters. The number of carbonyl (C=O) groups is 1. The standard InChI is InChI=1S/C16H23F3N2O5S2/c1-5-20(6-2)27(23,24)12-9-10-13(15(22)16(17,18)19)14(11-12)28(25,26)21(7-3)8-4/h9-11H,5-8H2,1-4H3. The van der Waals surface area contributed by atoms with E-state index in [-0.39, 0.29) is 26.2 Å². The first-order chi connectivity index (χ1) is 12.8. The molecular formula is C16H23F3N2O5S2. The fraction of sp³-hybridized carbons (Fsp3) is 0.562. The molecule has 0 aliphatic heterocycles. The predicted octanol–water partition coefficient (Wildman–Crippen LogP) is 2.49. The van der Waals surface area contributed by atoms with Gasteiger partial charge in [0.2, 0.25) is 20.0 Å². The predicted molar refractivity (Wildman–Crippen MR) is 97.0 cm³/mol. The van der Waals surface area contributed by atoms with E-state index in [0.29, 0.717) is 12.1 Å². The Labute approximate surface area is 163 Å². The van der Waals surface area contributed by atoms with Gasteiger partial charge in [0.1, 0.15) is 0 Å². The summed E-state index contributed by atoms with van der Waals surface area (Å²) in [5.74, 6) is -2.36. The van der Waals surface area contributed by atoms with E-state index in [2.05, 4.69) is 0 Å². The highest BCUT2D eigenvalue weighted by Crippen LogP contribution is 2.30. The van der Waals surface area contributed by atoms with Crippen molar-refractivity contribution in [2.24, 2.45) is 0 Å². The van der Waals surface area contributed by atoms with Crippen molar-refractivity contribution < 1.29 is 34.8 Å². The Morgan fingerprint density at radius 1 is 0.857 bits per heavy atom. The topological polar surface area (TPSA) is 91.8 Å². The number of Topliss-reactive ketones (excluding diaryl/α,β-unsaturated/α-hetero) is 1. The lowest BCUT2D eigenvalue weighted by Crippen LogP contribution is -2.34. The summed E-state index contributed by atoms with van der Waals surface area (Å²) < 4.78 is 91.8. The van der Waals surface area contributed by atoms with E-state index >= 15 is 0 Å². The minimum Gasteiger partial charge on any atom is -0.284 e. The van der Waals surface area contributed by atoms with Crippen LogP contribution >= 0.6 is 0 Å². The summed E-state index contributed by atoms with van der Waals surface area (Å²) >= 11 is 0. The van der Waals surface area contributed by atoms with Crippen molar-refractivity contribution in [2.45, 2.75) is 43.7 Å². The van der Waals surface area contributed by atoms with Gasteiger partial charge in [0.25, 0.3) is 5.78 Å². The van der Waals surface area contributed by atoms with E-state index in [9.17, 15) is 34.8 Å². The van der Waals surface area contributed by atoms with Crippen LogP contribution in [0.2, 0.25) is 0 Å². The molecule has 0 fully saturated rings. The van der Waals surface area contributed by atoms with Crippen LogP contribution in [0.3, 0.4) is 0 Å². The van der Waals surface area contributed by atoms with Crippen molar-refractivity contribution in [1.29, 1.82) is 0 Å². The van der Waals surface area contributed by atoms with Gasteiger partial charge in [-0.2, -0.15) is 21.8 Å². The summed E-state index contributed by atoms with van der Waals surface area (Å²) in [5.41, 5.74) is -1.11. The molecule has 0 heterocycles. The second kappa shape index (κ2) is 8.89. The van der Waals surface area contributed by atoms with Crippen LogP contribution in [0.15, 0.2) is 28.0 Å². The van der Waals surface area contributed by atoms with Gasteiger partial charge in [-0.25, -0.2) is 16.8 Å². The molecule has 0 N–H and O–H groups in total. The molecular weight excluding hydrogens is 421 g/mol. The molecule has 160 valence electrons. The van der Waals surface area contributed by atoms with E-state index in [1.165, 1.54) is 13.8 Å². The van der Waals surface area contributed by atoms with Crippen molar-refractivity contribution in [3.63, 3.8) is 0 Å². The van der Waals surface area contributed by atoms with Gasteiger partial charge in [0.15, 0.2) is 0 Å². The minimum atomic E-state index is -5.31. The van der Waals surface area contributed by atoms with E-state index in [1.807, 2.05) is 0 Å². The van der Waals surface area contributed by atoms with E-state index in [1.54, 1.807) is 13.8 Å². The summed E-state index contributed by atoms with van der Waals surface area (Å²) in [6, 6.07) is 2.04. The highest BCUT2D eigenvalue weighted by molar-refractivity contribution is 7.90. The van der Waals surface area contributed by atoms with Crippen LogP contribution in [0.4, 0.5) is 13.2 Å². The van der Waals surface area contributed by atoms with Crippen molar-refractivity contribution in [3.8, 4) is 0 Å². The molecule has 0 aliphatic carbocycles. The molecule has 12 heteroatoms. The summed E-state index contributed by atoms with van der Waals surface area (Å²) in [4.78, 5) is 10.3. The van der Waals surface area contributed by atoms with Crippen molar-refractivity contribution in [2.75, 3.05) is 26.2 Å². The fourth-order valence-corrected chi connectivity index (χ4v) is 5.86. The second-order valence-electron chi connectivity index (χ2n) is 5.66. The number of sulfonamides is 2. The molecule has 0 saturated heterocycles. The molecule has 0 bridgehead atoms. The Morgan fingerprint density at radius 3 is 1.68 bits per heavy atom. The molecule has 0 atom stereocenters. The van der Waals surface area contributed by atoms with Gasteiger partial charge >= 0.3 is 6.18 Å².